The lowest BCUT2D eigenvalue weighted by molar-refractivity contribution is -0.134. The van der Waals surface area contributed by atoms with Gasteiger partial charge in [-0.25, -0.2) is 13.3 Å². The maximum Gasteiger partial charge on any atom is 0.453 e. The van der Waals surface area contributed by atoms with Gasteiger partial charge >= 0.3 is 7.60 Å². The van der Waals surface area contributed by atoms with Crippen molar-refractivity contribution in [3.63, 3.8) is 0 Å². The predicted molar refractivity (Wildman–Crippen MR) is 112 cm³/mol. The number of benzene rings is 2. The average molecular weight is 461 g/mol. The van der Waals surface area contributed by atoms with E-state index < -0.39 is 31.1 Å². The van der Waals surface area contributed by atoms with Gasteiger partial charge in [-0.2, -0.15) is 0 Å². The molecular weight excluding hydrogens is 437 g/mol. The summed E-state index contributed by atoms with van der Waals surface area (Å²) in [6.45, 7) is 1.93. The number of rotatable bonds is 6. The van der Waals surface area contributed by atoms with Crippen LogP contribution < -0.4 is 14.8 Å². The number of nitrogens with zero attached hydrogens (tertiary/aromatic N) is 1. The SMILES string of the molecule is C[C@H](N)C(=O)N1CCCCC1P(=O)(Oc1ccc(F)cc1)Oc1ccc(F)cc1.Cl. The molecule has 1 aliphatic rings. The number of halogens is 3. The van der Waals surface area contributed by atoms with Crippen LogP contribution in [0, 0.1) is 11.6 Å². The van der Waals surface area contributed by atoms with Crippen molar-refractivity contribution in [2.45, 2.75) is 38.0 Å². The van der Waals surface area contributed by atoms with Crippen molar-refractivity contribution >= 4 is 25.9 Å². The van der Waals surface area contributed by atoms with Gasteiger partial charge in [0.25, 0.3) is 0 Å². The molecule has 2 atom stereocenters. The molecule has 1 unspecified atom stereocenters. The Hall–Kier alpha value is -2.15. The standard InChI is InChI=1S/C20H23F2N2O4P.ClH/c1-14(23)20(25)24-13-3-2-4-19(24)29(26,27-17-9-5-15(21)6-10-17)28-18-11-7-16(22)8-12-18;/h5-12,14,19H,2-4,13,23H2,1H3;1H/t14-,19?;/m0./s1. The molecule has 2 N–H and O–H groups in total. The normalized spacial score (nSPS) is 17.6. The van der Waals surface area contributed by atoms with Gasteiger partial charge in [-0.15, -0.1) is 12.4 Å². The Labute approximate surface area is 180 Å². The van der Waals surface area contributed by atoms with E-state index in [0.717, 1.165) is 12.8 Å². The first kappa shape index (κ1) is 24.1. The van der Waals surface area contributed by atoms with Crippen molar-refractivity contribution in [1.29, 1.82) is 0 Å². The van der Waals surface area contributed by atoms with Crippen molar-refractivity contribution in [2.24, 2.45) is 5.73 Å². The third kappa shape index (κ3) is 5.72. The van der Waals surface area contributed by atoms with Crippen LogP contribution in [0.15, 0.2) is 48.5 Å². The smallest absolute Gasteiger partial charge is 0.415 e. The lowest BCUT2D eigenvalue weighted by Crippen LogP contribution is -2.50. The van der Waals surface area contributed by atoms with Crippen molar-refractivity contribution < 1.29 is 27.2 Å². The molecule has 0 aromatic heterocycles. The summed E-state index contributed by atoms with van der Waals surface area (Å²) in [6.07, 6.45) is 1.84. The topological polar surface area (TPSA) is 81.9 Å². The average Bonchev–Trinajstić information content (AvgIpc) is 2.71. The molecule has 0 radical (unpaired) electrons. The first-order valence-electron chi connectivity index (χ1n) is 9.34. The molecule has 164 valence electrons. The molecule has 0 bridgehead atoms. The maximum absolute atomic E-state index is 13.9. The molecule has 0 saturated carbocycles. The summed E-state index contributed by atoms with van der Waals surface area (Å²) in [6, 6.07) is 9.22. The summed E-state index contributed by atoms with van der Waals surface area (Å²) in [5.74, 6) is -1.91. The number of nitrogens with two attached hydrogens (primary N) is 1. The van der Waals surface area contributed by atoms with Gasteiger partial charge in [-0.1, -0.05) is 0 Å². The minimum absolute atomic E-state index is 0. The Morgan fingerprint density at radius 2 is 1.50 bits per heavy atom. The Morgan fingerprint density at radius 1 is 1.03 bits per heavy atom. The first-order valence-corrected chi connectivity index (χ1v) is 11.0. The van der Waals surface area contributed by atoms with Crippen LogP contribution in [0.4, 0.5) is 8.78 Å². The fourth-order valence-corrected chi connectivity index (χ4v) is 5.37. The van der Waals surface area contributed by atoms with Crippen LogP contribution in [-0.4, -0.2) is 29.2 Å². The summed E-state index contributed by atoms with van der Waals surface area (Å²) in [7, 11) is -4.01. The van der Waals surface area contributed by atoms with Gasteiger partial charge in [0, 0.05) is 6.54 Å². The van der Waals surface area contributed by atoms with Crippen LogP contribution in [0.5, 0.6) is 11.5 Å². The molecule has 1 heterocycles. The van der Waals surface area contributed by atoms with E-state index in [1.807, 2.05) is 0 Å². The van der Waals surface area contributed by atoms with Gasteiger partial charge in [0.1, 0.15) is 23.1 Å². The highest BCUT2D eigenvalue weighted by atomic mass is 35.5. The Morgan fingerprint density at radius 3 is 1.93 bits per heavy atom. The van der Waals surface area contributed by atoms with Crippen LogP contribution in [0.2, 0.25) is 0 Å². The van der Waals surface area contributed by atoms with Gasteiger partial charge in [-0.05, 0) is 74.7 Å². The largest absolute Gasteiger partial charge is 0.453 e. The lowest BCUT2D eigenvalue weighted by atomic mass is 10.1. The van der Waals surface area contributed by atoms with E-state index in [-0.39, 0.29) is 29.8 Å². The number of likely N-dealkylation sites (tertiary alicyclic amines) is 1. The fraction of sp³-hybridized carbons (Fsp3) is 0.350. The Balaban J connectivity index is 0.00000320. The van der Waals surface area contributed by atoms with E-state index in [4.69, 9.17) is 14.8 Å². The lowest BCUT2D eigenvalue weighted by Gasteiger charge is -2.39. The van der Waals surface area contributed by atoms with Crippen molar-refractivity contribution in [2.75, 3.05) is 6.54 Å². The van der Waals surface area contributed by atoms with Gasteiger partial charge in [0.2, 0.25) is 5.91 Å². The van der Waals surface area contributed by atoms with Crippen molar-refractivity contribution in [3.8, 4) is 11.5 Å². The van der Waals surface area contributed by atoms with E-state index >= 15 is 0 Å². The molecule has 6 nitrogen and oxygen atoms in total. The molecule has 3 rings (SSSR count). The Bertz CT molecular complexity index is 845. The second-order valence-corrected chi connectivity index (χ2v) is 8.97. The van der Waals surface area contributed by atoms with Gasteiger partial charge < -0.3 is 19.7 Å². The maximum atomic E-state index is 13.9. The molecule has 0 aliphatic carbocycles. The minimum atomic E-state index is -4.01. The summed E-state index contributed by atoms with van der Waals surface area (Å²) in [4.78, 5) is 14.1. The van der Waals surface area contributed by atoms with Crippen molar-refractivity contribution in [1.82, 2.24) is 4.90 Å². The zero-order chi connectivity index (χ0) is 21.0. The molecule has 2 aromatic rings. The van der Waals surface area contributed by atoms with Gasteiger partial charge in [-0.3, -0.25) is 4.79 Å². The van der Waals surface area contributed by atoms with Crippen LogP contribution >= 0.6 is 20.0 Å². The third-order valence-corrected chi connectivity index (χ3v) is 6.80. The van der Waals surface area contributed by atoms with E-state index in [1.54, 1.807) is 6.92 Å². The van der Waals surface area contributed by atoms with E-state index in [1.165, 1.54) is 53.4 Å². The minimum Gasteiger partial charge on any atom is -0.415 e. The quantitative estimate of drug-likeness (QED) is 0.631. The predicted octanol–water partition coefficient (Wildman–Crippen LogP) is 4.72. The van der Waals surface area contributed by atoms with Crippen LogP contribution in [-0.2, 0) is 9.36 Å². The van der Waals surface area contributed by atoms with E-state index in [0.29, 0.717) is 13.0 Å². The Kier molecular flexibility index (Phi) is 8.24. The fourth-order valence-electron chi connectivity index (χ4n) is 3.19. The number of piperidine rings is 1. The zero-order valence-electron chi connectivity index (χ0n) is 16.4. The summed E-state index contributed by atoms with van der Waals surface area (Å²) >= 11 is 0. The number of carbonyl (C=O) groups excluding carboxylic acids is 1. The number of hydrogen-bond donors (Lipinski definition) is 1. The second kappa shape index (κ2) is 10.2. The monoisotopic (exact) mass is 460 g/mol. The summed E-state index contributed by atoms with van der Waals surface area (Å²) < 4.78 is 51.9. The van der Waals surface area contributed by atoms with Crippen LogP contribution in [0.25, 0.3) is 0 Å². The second-order valence-electron chi connectivity index (χ2n) is 6.93. The highest BCUT2D eigenvalue weighted by Crippen LogP contribution is 2.56. The van der Waals surface area contributed by atoms with Crippen molar-refractivity contribution in [3.05, 3.63) is 60.2 Å². The molecule has 30 heavy (non-hydrogen) atoms. The highest BCUT2D eigenvalue weighted by molar-refractivity contribution is 7.55. The van der Waals surface area contributed by atoms with Gasteiger partial charge in [0.05, 0.1) is 6.04 Å². The van der Waals surface area contributed by atoms with Crippen LogP contribution in [0.3, 0.4) is 0 Å². The number of carbonyl (C=O) groups is 1. The number of hydrogen-bond acceptors (Lipinski definition) is 5. The zero-order valence-corrected chi connectivity index (χ0v) is 18.1. The molecule has 1 amide bonds. The number of amides is 1. The first-order chi connectivity index (χ1) is 13.8. The molecule has 1 fully saturated rings. The molecule has 1 aliphatic heterocycles. The molecule has 1 saturated heterocycles. The summed E-state index contributed by atoms with van der Waals surface area (Å²) in [5.41, 5.74) is 5.76. The molecule has 2 aromatic carbocycles. The molecular formula is C20H24ClF2N2O4P. The van der Waals surface area contributed by atoms with E-state index in [2.05, 4.69) is 0 Å². The third-order valence-electron chi connectivity index (χ3n) is 4.60. The van der Waals surface area contributed by atoms with Crippen LogP contribution in [0.1, 0.15) is 26.2 Å². The highest BCUT2D eigenvalue weighted by Gasteiger charge is 2.46. The summed E-state index contributed by atoms with van der Waals surface area (Å²) in [5, 5.41) is 0. The molecule has 0 spiro atoms. The van der Waals surface area contributed by atoms with E-state index in [9.17, 15) is 18.1 Å². The molecule has 10 heteroatoms. The van der Waals surface area contributed by atoms with Gasteiger partial charge in [0.15, 0.2) is 5.78 Å².